The van der Waals surface area contributed by atoms with Crippen molar-refractivity contribution in [3.8, 4) is 0 Å². The summed E-state index contributed by atoms with van der Waals surface area (Å²) in [6.45, 7) is -1.85. The molecule has 0 aromatic heterocycles. The van der Waals surface area contributed by atoms with Crippen LogP contribution >= 0.6 is 11.6 Å². The lowest BCUT2D eigenvalue weighted by molar-refractivity contribution is -0.142. The van der Waals surface area contributed by atoms with Crippen LogP contribution in [0.3, 0.4) is 0 Å². The molecule has 2 aromatic carbocycles. The number of carbonyl (C=O) groups excluding carboxylic acids is 2. The van der Waals surface area contributed by atoms with Crippen molar-refractivity contribution in [1.29, 1.82) is 0 Å². The lowest BCUT2D eigenvalue weighted by atomic mass is 9.94. The Morgan fingerprint density at radius 2 is 1.45 bits per heavy atom. The molecule has 19 heteroatoms. The fourth-order valence-corrected chi connectivity index (χ4v) is 3.48. The Labute approximate surface area is 231 Å². The molecule has 2 N–H and O–H groups in total. The number of rotatable bonds is 5. The van der Waals surface area contributed by atoms with Gasteiger partial charge in [-0.1, -0.05) is 23.7 Å². The summed E-state index contributed by atoms with van der Waals surface area (Å²) in [4.78, 5) is 24.0. The highest BCUT2D eigenvalue weighted by atomic mass is 35.5. The molecule has 0 aliphatic rings. The van der Waals surface area contributed by atoms with Gasteiger partial charge >= 0.3 is 30.7 Å². The lowest BCUT2D eigenvalue weighted by Crippen LogP contribution is -2.50. The van der Waals surface area contributed by atoms with Gasteiger partial charge in [-0.2, -0.15) is 52.7 Å². The number of nitrogens with zero attached hydrogens (tertiary/aromatic N) is 1. The van der Waals surface area contributed by atoms with Crippen LogP contribution in [0.15, 0.2) is 42.5 Å². The molecule has 0 spiro atoms. The van der Waals surface area contributed by atoms with E-state index in [2.05, 4.69) is 0 Å². The van der Waals surface area contributed by atoms with Gasteiger partial charge in [0.25, 0.3) is 5.91 Å². The highest BCUT2D eigenvalue weighted by Crippen LogP contribution is 2.43. The first-order valence-corrected chi connectivity index (χ1v) is 11.2. The summed E-state index contributed by atoms with van der Waals surface area (Å²) in [7, 11) is 0.673. The average molecular weight is 648 g/mol. The average Bonchev–Trinajstić information content (AvgIpc) is 2.83. The molecule has 0 aliphatic carbocycles. The molecule has 0 bridgehead atoms. The van der Waals surface area contributed by atoms with Gasteiger partial charge in [-0.05, 0) is 35.9 Å². The Balaban J connectivity index is 2.48. The number of carbonyl (C=O) groups is 2. The summed E-state index contributed by atoms with van der Waals surface area (Å²) in [5.74, 6) is -6.78. The predicted octanol–water partition coefficient (Wildman–Crippen LogP) is 7.88. The number of hydrogen-bond acceptors (Lipinski definition) is 2. The van der Waals surface area contributed by atoms with E-state index in [9.17, 15) is 66.7 Å². The third-order valence-corrected chi connectivity index (χ3v) is 5.51. The van der Waals surface area contributed by atoms with Gasteiger partial charge in [-0.3, -0.25) is 10.2 Å². The highest BCUT2D eigenvalue weighted by Gasteiger charge is 2.42. The Morgan fingerprint density at radius 1 is 0.881 bits per heavy atom. The molecule has 2 aromatic rings. The molecule has 232 valence electrons. The quantitative estimate of drug-likeness (QED) is 0.256. The van der Waals surface area contributed by atoms with Crippen molar-refractivity contribution in [2.24, 2.45) is 0 Å². The van der Waals surface area contributed by atoms with Crippen LogP contribution in [0.1, 0.15) is 38.5 Å². The standard InChI is InChI=1S/C23H15ClF13N3O2/c1-40(19(42)38-9-20(26,27)28)39-18(41)12-4-2-11(7-14(12)22(32,33)34)17(25)8-13(21(29,30)31)10-3-5-16(24)15(6-10)23(35,36)37/h2-8,13H,9H2,1H3,(H,38,42)(H,39,41)/b17-8-. The maximum Gasteiger partial charge on any atom is 0.417 e. The number of halogens is 14. The molecule has 0 fully saturated rings. The van der Waals surface area contributed by atoms with Crippen LogP contribution in [0, 0.1) is 0 Å². The minimum atomic E-state index is -5.46. The summed E-state index contributed by atoms with van der Waals surface area (Å²) >= 11 is 5.38. The first-order valence-electron chi connectivity index (χ1n) is 10.8. The largest absolute Gasteiger partial charge is 0.417 e. The van der Waals surface area contributed by atoms with E-state index in [1.54, 1.807) is 5.43 Å². The van der Waals surface area contributed by atoms with E-state index in [4.69, 9.17) is 11.6 Å². The van der Waals surface area contributed by atoms with E-state index in [0.29, 0.717) is 31.3 Å². The number of alkyl halides is 12. The molecule has 0 radical (unpaired) electrons. The number of hydrazine groups is 1. The van der Waals surface area contributed by atoms with Crippen molar-refractivity contribution < 1.29 is 66.7 Å². The van der Waals surface area contributed by atoms with Crippen LogP contribution in [0.4, 0.5) is 61.9 Å². The predicted molar refractivity (Wildman–Crippen MR) is 120 cm³/mol. The number of benzene rings is 2. The SMILES string of the molecule is CN(NC(=O)c1ccc(/C(F)=C/C(c2ccc(Cl)c(C(F)(F)F)c2)C(F)(F)F)cc1C(F)(F)F)C(=O)NCC(F)(F)F. The maximum atomic E-state index is 14.9. The third kappa shape index (κ3) is 9.15. The second-order valence-electron chi connectivity index (χ2n) is 8.30. The fraction of sp³-hybridized carbons (Fsp3) is 0.304. The van der Waals surface area contributed by atoms with Gasteiger partial charge in [0.15, 0.2) is 0 Å². The van der Waals surface area contributed by atoms with Crippen molar-refractivity contribution in [3.05, 3.63) is 75.3 Å². The minimum Gasteiger partial charge on any atom is -0.327 e. The number of hydrogen-bond donors (Lipinski definition) is 2. The summed E-state index contributed by atoms with van der Waals surface area (Å²) < 4.78 is 173. The normalized spacial score (nSPS) is 13.9. The third-order valence-electron chi connectivity index (χ3n) is 5.18. The minimum absolute atomic E-state index is 0.000209. The van der Waals surface area contributed by atoms with E-state index in [-0.39, 0.29) is 23.2 Å². The fourth-order valence-electron chi connectivity index (χ4n) is 3.26. The molecule has 1 unspecified atom stereocenters. The van der Waals surface area contributed by atoms with E-state index in [0.717, 1.165) is 0 Å². The van der Waals surface area contributed by atoms with Crippen molar-refractivity contribution in [2.45, 2.75) is 30.6 Å². The van der Waals surface area contributed by atoms with Crippen molar-refractivity contribution in [1.82, 2.24) is 15.8 Å². The van der Waals surface area contributed by atoms with Gasteiger partial charge in [-0.15, -0.1) is 0 Å². The zero-order valence-corrected chi connectivity index (χ0v) is 21.1. The van der Waals surface area contributed by atoms with E-state index in [1.165, 1.54) is 5.32 Å². The Kier molecular flexibility index (Phi) is 10.1. The summed E-state index contributed by atoms with van der Waals surface area (Å²) in [6.07, 6.45) is -21.2. The van der Waals surface area contributed by atoms with Crippen molar-refractivity contribution in [2.75, 3.05) is 13.6 Å². The first-order chi connectivity index (χ1) is 18.9. The van der Waals surface area contributed by atoms with Crippen LogP contribution < -0.4 is 10.7 Å². The van der Waals surface area contributed by atoms with Gasteiger partial charge < -0.3 is 5.32 Å². The van der Waals surface area contributed by atoms with Crippen LogP contribution in [-0.2, 0) is 12.4 Å². The Morgan fingerprint density at radius 3 is 1.95 bits per heavy atom. The van der Waals surface area contributed by atoms with Crippen LogP contribution in [-0.4, -0.2) is 42.9 Å². The molecular weight excluding hydrogens is 633 g/mol. The molecule has 3 amide bonds. The topological polar surface area (TPSA) is 61.4 Å². The van der Waals surface area contributed by atoms with Crippen LogP contribution in [0.25, 0.3) is 5.83 Å². The number of allylic oxidation sites excluding steroid dienone is 1. The zero-order valence-electron chi connectivity index (χ0n) is 20.4. The molecule has 0 saturated heterocycles. The molecule has 2 rings (SSSR count). The van der Waals surface area contributed by atoms with Crippen molar-refractivity contribution in [3.63, 3.8) is 0 Å². The maximum absolute atomic E-state index is 14.9. The number of urea groups is 1. The van der Waals surface area contributed by atoms with E-state index >= 15 is 0 Å². The second-order valence-corrected chi connectivity index (χ2v) is 8.71. The Bertz CT molecular complexity index is 1350. The summed E-state index contributed by atoms with van der Waals surface area (Å²) in [5.41, 5.74) is -5.70. The second kappa shape index (κ2) is 12.3. The summed E-state index contributed by atoms with van der Waals surface area (Å²) in [6, 6.07) is 0.0375. The Hall–Kier alpha value is -3.70. The molecule has 42 heavy (non-hydrogen) atoms. The zero-order chi connectivity index (χ0) is 32.4. The van der Waals surface area contributed by atoms with E-state index in [1.807, 2.05) is 0 Å². The van der Waals surface area contributed by atoms with Gasteiger partial charge in [0.1, 0.15) is 18.3 Å². The molecule has 0 heterocycles. The van der Waals surface area contributed by atoms with E-state index < -0.39 is 87.8 Å². The van der Waals surface area contributed by atoms with Gasteiger partial charge in [0.2, 0.25) is 0 Å². The monoisotopic (exact) mass is 647 g/mol. The van der Waals surface area contributed by atoms with Gasteiger partial charge in [0.05, 0.1) is 21.7 Å². The molecular formula is C23H15ClF13N3O2. The number of amides is 3. The molecule has 0 saturated carbocycles. The van der Waals surface area contributed by atoms with Gasteiger partial charge in [0, 0.05) is 12.6 Å². The van der Waals surface area contributed by atoms with Gasteiger partial charge in [-0.25, -0.2) is 14.2 Å². The summed E-state index contributed by atoms with van der Waals surface area (Å²) in [5, 5.41) is 0.412. The number of nitrogens with one attached hydrogen (secondary N) is 2. The van der Waals surface area contributed by atoms with Crippen LogP contribution in [0.2, 0.25) is 5.02 Å². The van der Waals surface area contributed by atoms with Crippen molar-refractivity contribution >= 4 is 29.4 Å². The highest BCUT2D eigenvalue weighted by molar-refractivity contribution is 6.31. The smallest absolute Gasteiger partial charge is 0.327 e. The lowest BCUT2D eigenvalue weighted by Gasteiger charge is -2.21. The molecule has 0 aliphatic heterocycles. The first kappa shape index (κ1) is 34.5. The molecule has 1 atom stereocenters. The molecule has 5 nitrogen and oxygen atoms in total. The van der Waals surface area contributed by atoms with Crippen LogP contribution in [0.5, 0.6) is 0 Å².